The predicted molar refractivity (Wildman–Crippen MR) is 120 cm³/mol. The van der Waals surface area contributed by atoms with Crippen molar-refractivity contribution in [1.82, 2.24) is 5.32 Å². The van der Waals surface area contributed by atoms with E-state index >= 15 is 0 Å². The zero-order valence-electron chi connectivity index (χ0n) is 16.7. The monoisotopic (exact) mass is 435 g/mol. The topological polar surface area (TPSA) is 86.6 Å². The molecule has 0 aromatic heterocycles. The molecule has 0 saturated heterocycles. The number of aliphatic hydroxyl groups is 1. The van der Waals surface area contributed by atoms with Crippen LogP contribution in [0.2, 0.25) is 5.02 Å². The average Bonchev–Trinajstić information content (AvgIpc) is 3.16. The molecular formula is C25H22ClNO4. The number of aliphatic hydroxyl groups excluding tert-OH is 1. The maximum atomic E-state index is 12.9. The number of carbonyl (C=O) groups is 2. The van der Waals surface area contributed by atoms with Gasteiger partial charge in [-0.2, -0.15) is 0 Å². The van der Waals surface area contributed by atoms with Gasteiger partial charge in [-0.25, -0.2) is 4.79 Å². The van der Waals surface area contributed by atoms with Crippen molar-refractivity contribution in [3.05, 3.63) is 83.4 Å². The van der Waals surface area contributed by atoms with Crippen LogP contribution in [0, 0.1) is 0 Å². The fraction of sp³-hybridized carbons (Fsp3) is 0.200. The first kappa shape index (κ1) is 21.1. The van der Waals surface area contributed by atoms with Gasteiger partial charge >= 0.3 is 5.97 Å². The summed E-state index contributed by atoms with van der Waals surface area (Å²) in [6.45, 7) is 0. The number of amides is 1. The van der Waals surface area contributed by atoms with Gasteiger partial charge in [0.05, 0.1) is 6.10 Å². The highest BCUT2D eigenvalue weighted by Crippen LogP contribution is 2.33. The molecule has 158 valence electrons. The SMILES string of the molecule is O=C(NC1(C(=O)O)CCC(O)C1)c1ccc(Cl)c(-c2ccc(-c3ccccc3)cc2)c1. The Kier molecular flexibility index (Phi) is 5.81. The largest absolute Gasteiger partial charge is 0.480 e. The number of benzene rings is 3. The maximum absolute atomic E-state index is 12.9. The van der Waals surface area contributed by atoms with Crippen LogP contribution >= 0.6 is 11.6 Å². The minimum Gasteiger partial charge on any atom is -0.480 e. The second kappa shape index (κ2) is 8.53. The Balaban J connectivity index is 1.60. The minimum absolute atomic E-state index is 0.00450. The molecule has 31 heavy (non-hydrogen) atoms. The molecule has 6 heteroatoms. The molecule has 2 atom stereocenters. The fourth-order valence-electron chi connectivity index (χ4n) is 4.03. The van der Waals surface area contributed by atoms with Crippen molar-refractivity contribution >= 4 is 23.5 Å². The second-order valence-corrected chi connectivity index (χ2v) is 8.28. The lowest BCUT2D eigenvalue weighted by Gasteiger charge is -2.25. The van der Waals surface area contributed by atoms with Gasteiger partial charge in [0.25, 0.3) is 5.91 Å². The number of carbonyl (C=O) groups excluding carboxylic acids is 1. The molecule has 3 aromatic carbocycles. The number of hydrogen-bond acceptors (Lipinski definition) is 3. The summed E-state index contributed by atoms with van der Waals surface area (Å²) in [5.41, 5.74) is 2.57. The van der Waals surface area contributed by atoms with Gasteiger partial charge in [-0.3, -0.25) is 4.79 Å². The van der Waals surface area contributed by atoms with Gasteiger partial charge in [0.1, 0.15) is 5.54 Å². The molecule has 2 unspecified atom stereocenters. The van der Waals surface area contributed by atoms with Crippen LogP contribution in [0.3, 0.4) is 0 Å². The molecule has 5 nitrogen and oxygen atoms in total. The van der Waals surface area contributed by atoms with E-state index in [9.17, 15) is 19.8 Å². The molecule has 3 N–H and O–H groups in total. The Morgan fingerprint density at radius 3 is 2.19 bits per heavy atom. The van der Waals surface area contributed by atoms with Crippen LogP contribution in [-0.4, -0.2) is 33.7 Å². The standard InChI is InChI=1S/C25H22ClNO4/c26-22-11-10-19(23(29)27-25(24(30)31)13-12-20(28)15-25)14-21(22)18-8-6-17(7-9-18)16-4-2-1-3-5-16/h1-11,14,20,28H,12-13,15H2,(H,27,29)(H,30,31). The summed E-state index contributed by atoms with van der Waals surface area (Å²) in [6.07, 6.45) is -0.210. The van der Waals surface area contributed by atoms with Crippen LogP contribution < -0.4 is 5.32 Å². The molecule has 3 aromatic rings. The van der Waals surface area contributed by atoms with Crippen molar-refractivity contribution in [1.29, 1.82) is 0 Å². The van der Waals surface area contributed by atoms with Crippen molar-refractivity contribution < 1.29 is 19.8 Å². The third-order valence-electron chi connectivity index (χ3n) is 5.78. The highest BCUT2D eigenvalue weighted by molar-refractivity contribution is 6.33. The molecule has 0 heterocycles. The zero-order valence-corrected chi connectivity index (χ0v) is 17.5. The van der Waals surface area contributed by atoms with E-state index in [1.165, 1.54) is 0 Å². The third kappa shape index (κ3) is 4.33. The highest BCUT2D eigenvalue weighted by atomic mass is 35.5. The number of rotatable bonds is 5. The van der Waals surface area contributed by atoms with Crippen LogP contribution in [0.1, 0.15) is 29.6 Å². The Hall–Kier alpha value is -3.15. The van der Waals surface area contributed by atoms with E-state index in [0.717, 1.165) is 16.7 Å². The van der Waals surface area contributed by atoms with Crippen LogP contribution in [0.25, 0.3) is 22.3 Å². The van der Waals surface area contributed by atoms with Crippen molar-refractivity contribution in [2.24, 2.45) is 0 Å². The number of carboxylic acid groups (broad SMARTS) is 1. The number of halogens is 1. The van der Waals surface area contributed by atoms with Gasteiger partial charge in [0.15, 0.2) is 0 Å². The van der Waals surface area contributed by atoms with E-state index in [1.54, 1.807) is 18.2 Å². The first-order valence-electron chi connectivity index (χ1n) is 10.1. The lowest BCUT2D eigenvalue weighted by molar-refractivity contribution is -0.144. The van der Waals surface area contributed by atoms with E-state index in [-0.39, 0.29) is 12.8 Å². The average molecular weight is 436 g/mol. The van der Waals surface area contributed by atoms with E-state index in [4.69, 9.17) is 11.6 Å². The van der Waals surface area contributed by atoms with Gasteiger partial charge in [0, 0.05) is 22.6 Å². The van der Waals surface area contributed by atoms with Crippen LogP contribution in [0.4, 0.5) is 0 Å². The Bertz CT molecular complexity index is 1110. The number of carboxylic acids is 1. The molecule has 4 rings (SSSR count). The molecule has 1 saturated carbocycles. The van der Waals surface area contributed by atoms with Crippen LogP contribution in [0.15, 0.2) is 72.8 Å². The maximum Gasteiger partial charge on any atom is 0.329 e. The predicted octanol–water partition coefficient (Wildman–Crippen LogP) is 4.77. The highest BCUT2D eigenvalue weighted by Gasteiger charge is 2.46. The van der Waals surface area contributed by atoms with E-state index in [0.29, 0.717) is 22.6 Å². The van der Waals surface area contributed by atoms with Crippen molar-refractivity contribution in [3.8, 4) is 22.3 Å². The fourth-order valence-corrected chi connectivity index (χ4v) is 4.26. The lowest BCUT2D eigenvalue weighted by Crippen LogP contribution is -2.53. The van der Waals surface area contributed by atoms with Crippen LogP contribution in [-0.2, 0) is 4.79 Å². The van der Waals surface area contributed by atoms with Gasteiger partial charge in [-0.05, 0) is 47.7 Å². The molecule has 1 aliphatic rings. The first-order valence-corrected chi connectivity index (χ1v) is 10.5. The summed E-state index contributed by atoms with van der Waals surface area (Å²) in [6, 6.07) is 22.7. The molecule has 1 fully saturated rings. The minimum atomic E-state index is -1.45. The van der Waals surface area contributed by atoms with Crippen LogP contribution in [0.5, 0.6) is 0 Å². The molecule has 0 radical (unpaired) electrons. The van der Waals surface area contributed by atoms with E-state index in [2.05, 4.69) is 5.32 Å². The number of aliphatic carboxylic acids is 1. The number of nitrogens with one attached hydrogen (secondary N) is 1. The molecule has 0 bridgehead atoms. The Morgan fingerprint density at radius 2 is 1.58 bits per heavy atom. The summed E-state index contributed by atoms with van der Waals surface area (Å²) < 4.78 is 0. The van der Waals surface area contributed by atoms with Crippen molar-refractivity contribution in [3.63, 3.8) is 0 Å². The third-order valence-corrected chi connectivity index (χ3v) is 6.11. The van der Waals surface area contributed by atoms with Crippen molar-refractivity contribution in [2.45, 2.75) is 30.9 Å². The van der Waals surface area contributed by atoms with E-state index < -0.39 is 23.5 Å². The Labute approximate surface area is 185 Å². The van der Waals surface area contributed by atoms with Crippen molar-refractivity contribution in [2.75, 3.05) is 0 Å². The molecular weight excluding hydrogens is 414 g/mol. The molecule has 0 aliphatic heterocycles. The summed E-state index contributed by atoms with van der Waals surface area (Å²) >= 11 is 6.40. The lowest BCUT2D eigenvalue weighted by atomic mass is 9.96. The van der Waals surface area contributed by atoms with E-state index in [1.807, 2.05) is 54.6 Å². The summed E-state index contributed by atoms with van der Waals surface area (Å²) in [4.78, 5) is 24.6. The van der Waals surface area contributed by atoms with Gasteiger partial charge in [0.2, 0.25) is 0 Å². The smallest absolute Gasteiger partial charge is 0.329 e. The first-order chi connectivity index (χ1) is 14.9. The quantitative estimate of drug-likeness (QED) is 0.538. The summed E-state index contributed by atoms with van der Waals surface area (Å²) in [5.74, 6) is -1.64. The second-order valence-electron chi connectivity index (χ2n) is 7.88. The summed E-state index contributed by atoms with van der Waals surface area (Å²) in [5, 5.41) is 22.5. The van der Waals surface area contributed by atoms with Gasteiger partial charge < -0.3 is 15.5 Å². The molecule has 1 aliphatic carbocycles. The zero-order chi connectivity index (χ0) is 22.0. The van der Waals surface area contributed by atoms with Gasteiger partial charge in [-0.1, -0.05) is 66.2 Å². The molecule has 0 spiro atoms. The normalized spacial score (nSPS) is 20.4. The summed E-state index contributed by atoms with van der Waals surface area (Å²) in [7, 11) is 0. The van der Waals surface area contributed by atoms with Gasteiger partial charge in [-0.15, -0.1) is 0 Å². The number of hydrogen-bond donors (Lipinski definition) is 3. The Morgan fingerprint density at radius 1 is 0.935 bits per heavy atom. The molecule has 1 amide bonds.